The SMILES string of the molecule is COc1ccc(C[C@@H]2[C@H](OC(=O)NCc3ccn[nH]3)[C@@H](OC(=O)OC(C)(C)C)CN2C(=O)OC(C)(C)C)cc1. The van der Waals surface area contributed by atoms with Gasteiger partial charge in [-0.3, -0.25) is 10.00 Å². The second-order valence-electron chi connectivity index (χ2n) is 11.2. The normalized spacial score (nSPS) is 19.3. The number of nitrogens with zero attached hydrogens (tertiary/aromatic N) is 2. The van der Waals surface area contributed by atoms with E-state index in [-0.39, 0.29) is 19.5 Å². The first-order chi connectivity index (χ1) is 18.2. The molecule has 1 aromatic carbocycles. The van der Waals surface area contributed by atoms with Gasteiger partial charge in [-0.15, -0.1) is 0 Å². The van der Waals surface area contributed by atoms with Crippen molar-refractivity contribution < 1.29 is 38.1 Å². The summed E-state index contributed by atoms with van der Waals surface area (Å²) in [6.45, 7) is 10.5. The average Bonchev–Trinajstić information content (AvgIpc) is 3.45. The minimum atomic E-state index is -1.02. The molecule has 1 aliphatic heterocycles. The van der Waals surface area contributed by atoms with Gasteiger partial charge in [-0.2, -0.15) is 5.10 Å². The summed E-state index contributed by atoms with van der Waals surface area (Å²) in [7, 11) is 1.57. The van der Waals surface area contributed by atoms with Gasteiger partial charge < -0.3 is 29.0 Å². The lowest BCUT2D eigenvalue weighted by Crippen LogP contribution is -2.46. The van der Waals surface area contributed by atoms with E-state index in [2.05, 4.69) is 15.5 Å². The first-order valence-corrected chi connectivity index (χ1v) is 12.7. The second-order valence-corrected chi connectivity index (χ2v) is 11.2. The Morgan fingerprint density at radius 1 is 1.00 bits per heavy atom. The number of hydrogen-bond acceptors (Lipinski definition) is 9. The summed E-state index contributed by atoms with van der Waals surface area (Å²) in [5.74, 6) is 0.672. The second kappa shape index (κ2) is 12.3. The highest BCUT2D eigenvalue weighted by atomic mass is 16.7. The van der Waals surface area contributed by atoms with Gasteiger partial charge >= 0.3 is 18.3 Å². The lowest BCUT2D eigenvalue weighted by atomic mass is 10.0. The van der Waals surface area contributed by atoms with Gasteiger partial charge in [-0.1, -0.05) is 12.1 Å². The van der Waals surface area contributed by atoms with E-state index in [9.17, 15) is 14.4 Å². The van der Waals surface area contributed by atoms with Crippen LogP contribution >= 0.6 is 0 Å². The molecule has 39 heavy (non-hydrogen) atoms. The molecule has 0 aliphatic carbocycles. The van der Waals surface area contributed by atoms with E-state index in [4.69, 9.17) is 23.7 Å². The van der Waals surface area contributed by atoms with Crippen LogP contribution < -0.4 is 10.1 Å². The van der Waals surface area contributed by atoms with E-state index in [1.807, 2.05) is 12.1 Å². The maximum atomic E-state index is 13.3. The molecule has 1 fully saturated rings. The lowest BCUT2D eigenvalue weighted by Gasteiger charge is -2.30. The zero-order valence-electron chi connectivity index (χ0n) is 23.5. The Bertz CT molecular complexity index is 1110. The minimum Gasteiger partial charge on any atom is -0.497 e. The fraction of sp³-hybridized carbons (Fsp3) is 0.556. The van der Waals surface area contributed by atoms with Crippen molar-refractivity contribution in [2.45, 2.75) is 84.0 Å². The predicted octanol–water partition coefficient (Wildman–Crippen LogP) is 4.20. The van der Waals surface area contributed by atoms with Crippen LogP contribution in [0.4, 0.5) is 14.4 Å². The smallest absolute Gasteiger partial charge is 0.497 e. The van der Waals surface area contributed by atoms with E-state index >= 15 is 0 Å². The van der Waals surface area contributed by atoms with Crippen molar-refractivity contribution in [3.8, 4) is 5.75 Å². The molecule has 0 saturated carbocycles. The van der Waals surface area contributed by atoms with Gasteiger partial charge in [0.2, 0.25) is 0 Å². The van der Waals surface area contributed by atoms with Crippen LogP contribution in [0.1, 0.15) is 52.8 Å². The fourth-order valence-corrected chi connectivity index (χ4v) is 3.99. The number of benzene rings is 1. The molecule has 214 valence electrons. The highest BCUT2D eigenvalue weighted by Gasteiger charge is 2.50. The Labute approximate surface area is 228 Å². The predicted molar refractivity (Wildman–Crippen MR) is 140 cm³/mol. The molecule has 1 saturated heterocycles. The Hall–Kier alpha value is -3.96. The molecule has 3 rings (SSSR count). The number of methoxy groups -OCH3 is 1. The molecule has 0 bridgehead atoms. The van der Waals surface area contributed by atoms with Crippen LogP contribution in [0, 0.1) is 0 Å². The number of aromatic amines is 1. The first-order valence-electron chi connectivity index (χ1n) is 12.7. The summed E-state index contributed by atoms with van der Waals surface area (Å²) in [6.07, 6.45) is -2.49. The Morgan fingerprint density at radius 3 is 2.23 bits per heavy atom. The van der Waals surface area contributed by atoms with Crippen LogP contribution in [-0.2, 0) is 31.9 Å². The van der Waals surface area contributed by atoms with Crippen LogP contribution in [0.3, 0.4) is 0 Å². The average molecular weight is 547 g/mol. The van der Waals surface area contributed by atoms with Crippen molar-refractivity contribution in [2.24, 2.45) is 0 Å². The highest BCUT2D eigenvalue weighted by Crippen LogP contribution is 2.30. The van der Waals surface area contributed by atoms with Crippen LogP contribution in [0.2, 0.25) is 0 Å². The molecule has 2 amide bonds. The number of ether oxygens (including phenoxy) is 5. The molecule has 0 unspecified atom stereocenters. The third-order valence-electron chi connectivity index (χ3n) is 5.62. The van der Waals surface area contributed by atoms with E-state index in [1.165, 1.54) is 4.90 Å². The van der Waals surface area contributed by atoms with Gasteiger partial charge in [-0.25, -0.2) is 14.4 Å². The Morgan fingerprint density at radius 2 is 1.67 bits per heavy atom. The summed E-state index contributed by atoms with van der Waals surface area (Å²) >= 11 is 0. The molecule has 1 aromatic heterocycles. The number of likely N-dealkylation sites (tertiary alicyclic amines) is 1. The zero-order chi connectivity index (χ0) is 28.8. The molecular weight excluding hydrogens is 508 g/mol. The number of amides is 2. The van der Waals surface area contributed by atoms with Crippen molar-refractivity contribution >= 4 is 18.3 Å². The van der Waals surface area contributed by atoms with Gasteiger partial charge in [0.1, 0.15) is 17.0 Å². The van der Waals surface area contributed by atoms with E-state index in [1.54, 1.807) is 73.0 Å². The number of aromatic nitrogens is 2. The molecule has 1 aliphatic rings. The molecule has 2 aromatic rings. The molecule has 2 heterocycles. The van der Waals surface area contributed by atoms with Crippen molar-refractivity contribution in [1.82, 2.24) is 20.4 Å². The summed E-state index contributed by atoms with van der Waals surface area (Å²) in [6, 6.07) is 8.29. The minimum absolute atomic E-state index is 0.0620. The third kappa shape index (κ3) is 9.08. The Kier molecular flexibility index (Phi) is 9.31. The van der Waals surface area contributed by atoms with Gasteiger partial charge in [0.15, 0.2) is 12.2 Å². The number of alkyl carbamates (subject to hydrolysis) is 1. The summed E-state index contributed by atoms with van der Waals surface area (Å²) in [5, 5.41) is 9.25. The molecule has 0 radical (unpaired) electrons. The van der Waals surface area contributed by atoms with Crippen LogP contribution in [0.15, 0.2) is 36.5 Å². The van der Waals surface area contributed by atoms with Crippen LogP contribution in [0.25, 0.3) is 0 Å². The summed E-state index contributed by atoms with van der Waals surface area (Å²) in [4.78, 5) is 40.2. The van der Waals surface area contributed by atoms with Crippen LogP contribution in [-0.4, -0.2) is 76.5 Å². The summed E-state index contributed by atoms with van der Waals surface area (Å²) in [5.41, 5.74) is -0.0614. The van der Waals surface area contributed by atoms with Gasteiger partial charge in [-0.05, 0) is 71.7 Å². The largest absolute Gasteiger partial charge is 0.509 e. The lowest BCUT2D eigenvalue weighted by molar-refractivity contribution is -0.0518. The van der Waals surface area contributed by atoms with Gasteiger partial charge in [0.25, 0.3) is 0 Å². The third-order valence-corrected chi connectivity index (χ3v) is 5.62. The Balaban J connectivity index is 1.89. The zero-order valence-corrected chi connectivity index (χ0v) is 23.5. The molecular formula is C27H38N4O8. The van der Waals surface area contributed by atoms with Crippen molar-refractivity contribution in [3.63, 3.8) is 0 Å². The maximum Gasteiger partial charge on any atom is 0.509 e. The van der Waals surface area contributed by atoms with E-state index in [0.717, 1.165) is 5.56 Å². The highest BCUT2D eigenvalue weighted by molar-refractivity contribution is 5.71. The quantitative estimate of drug-likeness (QED) is 0.386. The van der Waals surface area contributed by atoms with Crippen LogP contribution in [0.5, 0.6) is 5.75 Å². The van der Waals surface area contributed by atoms with Crippen molar-refractivity contribution in [3.05, 3.63) is 47.8 Å². The summed E-state index contributed by atoms with van der Waals surface area (Å²) < 4.78 is 27.6. The standard InChI is InChI=1S/C27H38N4O8/c1-26(2,3)38-24(33)31-16-21(36-25(34)39-27(4,5)6)22(37-23(32)28-15-18-12-13-29-30-18)20(31)14-17-8-10-19(35-7)11-9-17/h8-13,20-22H,14-16H2,1-7H3,(H,28,32)(H,29,30)/t20-,21+,22+/m1/s1. The molecule has 3 atom stereocenters. The number of rotatable bonds is 7. The topological polar surface area (TPSA) is 141 Å². The van der Waals surface area contributed by atoms with E-state index < -0.39 is 47.8 Å². The number of carbonyl (C=O) groups excluding carboxylic acids is 3. The molecule has 12 heteroatoms. The van der Waals surface area contributed by atoms with Crippen molar-refractivity contribution in [2.75, 3.05) is 13.7 Å². The number of H-pyrrole nitrogens is 1. The number of nitrogens with one attached hydrogen (secondary N) is 2. The maximum absolute atomic E-state index is 13.3. The fourth-order valence-electron chi connectivity index (χ4n) is 3.99. The van der Waals surface area contributed by atoms with Crippen molar-refractivity contribution in [1.29, 1.82) is 0 Å². The number of hydrogen-bond donors (Lipinski definition) is 2. The number of carbonyl (C=O) groups is 3. The monoisotopic (exact) mass is 546 g/mol. The van der Waals surface area contributed by atoms with E-state index in [0.29, 0.717) is 11.4 Å². The van der Waals surface area contributed by atoms with Gasteiger partial charge in [0, 0.05) is 6.20 Å². The van der Waals surface area contributed by atoms with Gasteiger partial charge in [0.05, 0.1) is 31.9 Å². The molecule has 2 N–H and O–H groups in total. The molecule has 0 spiro atoms. The first kappa shape index (κ1) is 29.6. The molecule has 12 nitrogen and oxygen atoms in total.